The van der Waals surface area contributed by atoms with Gasteiger partial charge >= 0.3 is 0 Å². The summed E-state index contributed by atoms with van der Waals surface area (Å²) >= 11 is 0. The molecule has 2 nitrogen and oxygen atoms in total. The Hall–Kier alpha value is -3.13. The van der Waals surface area contributed by atoms with Crippen molar-refractivity contribution in [2.75, 3.05) is 4.90 Å². The van der Waals surface area contributed by atoms with Crippen LogP contribution in [0, 0.1) is 0 Å². The fourth-order valence-corrected chi connectivity index (χ4v) is 4.07. The van der Waals surface area contributed by atoms with Crippen LogP contribution in [0.5, 0.6) is 0 Å². The fourth-order valence-electron chi connectivity index (χ4n) is 4.07. The molecule has 0 spiro atoms. The lowest BCUT2D eigenvalue weighted by molar-refractivity contribution is 1.05. The molecule has 112 valence electrons. The van der Waals surface area contributed by atoms with Gasteiger partial charge in [0.1, 0.15) is 5.84 Å². The number of nitrogens with zero attached hydrogens (tertiary/aromatic N) is 2. The molecule has 2 heterocycles. The first kappa shape index (κ1) is 12.3. The minimum Gasteiger partial charge on any atom is -0.321 e. The molecule has 4 aromatic carbocycles. The van der Waals surface area contributed by atoms with E-state index in [1.165, 1.54) is 38.4 Å². The molecule has 0 atom stereocenters. The number of rotatable bonds is 0. The maximum Gasteiger partial charge on any atom is 0.141 e. The van der Waals surface area contributed by atoms with Gasteiger partial charge in [-0.2, -0.15) is 0 Å². The standard InChI is InChI=1S/C22H14N2/c1-2-6-16-12-18-17(11-15(16)5-1)13-24-20-10-4-8-14-7-3-9-19(21(14)20)23-22(18)24/h1-12H,13H2. The van der Waals surface area contributed by atoms with Crippen LogP contribution in [0.25, 0.3) is 21.5 Å². The van der Waals surface area contributed by atoms with Gasteiger partial charge in [-0.05, 0) is 46.0 Å². The van der Waals surface area contributed by atoms with Crippen molar-refractivity contribution < 1.29 is 0 Å². The monoisotopic (exact) mass is 306 g/mol. The Bertz CT molecular complexity index is 1180. The summed E-state index contributed by atoms with van der Waals surface area (Å²) in [7, 11) is 0. The fraction of sp³-hybridized carbons (Fsp3) is 0.0455. The molecule has 2 aliphatic heterocycles. The molecule has 0 saturated heterocycles. The van der Waals surface area contributed by atoms with E-state index in [0.717, 1.165) is 18.1 Å². The lowest BCUT2D eigenvalue weighted by Crippen LogP contribution is -2.26. The highest BCUT2D eigenvalue weighted by molar-refractivity contribution is 6.23. The average Bonchev–Trinajstić information content (AvgIpc) is 2.98. The van der Waals surface area contributed by atoms with Crippen molar-refractivity contribution in [3.05, 3.63) is 83.9 Å². The minimum atomic E-state index is 0.895. The van der Waals surface area contributed by atoms with Crippen LogP contribution >= 0.6 is 0 Å². The van der Waals surface area contributed by atoms with E-state index in [-0.39, 0.29) is 0 Å². The second kappa shape index (κ2) is 4.24. The van der Waals surface area contributed by atoms with Crippen molar-refractivity contribution in [2.45, 2.75) is 6.54 Å². The summed E-state index contributed by atoms with van der Waals surface area (Å²) in [6.07, 6.45) is 0. The van der Waals surface area contributed by atoms with Crippen LogP contribution in [-0.4, -0.2) is 5.84 Å². The Balaban J connectivity index is 1.68. The Labute approximate surface area is 139 Å². The van der Waals surface area contributed by atoms with Crippen LogP contribution in [-0.2, 0) is 6.54 Å². The molecule has 6 rings (SSSR count). The van der Waals surface area contributed by atoms with Gasteiger partial charge in [0.25, 0.3) is 0 Å². The minimum absolute atomic E-state index is 0.895. The third kappa shape index (κ3) is 1.48. The summed E-state index contributed by atoms with van der Waals surface area (Å²) in [5, 5.41) is 5.10. The summed E-state index contributed by atoms with van der Waals surface area (Å²) < 4.78 is 0. The Morgan fingerprint density at radius 3 is 2.38 bits per heavy atom. The van der Waals surface area contributed by atoms with Gasteiger partial charge in [-0.1, -0.05) is 48.5 Å². The number of hydrogen-bond donors (Lipinski definition) is 0. The average molecular weight is 306 g/mol. The maximum atomic E-state index is 5.02. The molecular weight excluding hydrogens is 292 g/mol. The first-order valence-electron chi connectivity index (χ1n) is 8.28. The molecule has 0 amide bonds. The van der Waals surface area contributed by atoms with Gasteiger partial charge in [-0.15, -0.1) is 0 Å². The third-order valence-electron chi connectivity index (χ3n) is 5.17. The summed E-state index contributed by atoms with van der Waals surface area (Å²) in [6, 6.07) is 26.1. The predicted octanol–water partition coefficient (Wildman–Crippen LogP) is 5.40. The molecule has 2 heteroatoms. The van der Waals surface area contributed by atoms with Crippen molar-refractivity contribution in [1.82, 2.24) is 0 Å². The molecule has 0 bridgehead atoms. The highest BCUT2D eigenvalue weighted by Gasteiger charge is 2.31. The van der Waals surface area contributed by atoms with E-state index < -0.39 is 0 Å². The van der Waals surface area contributed by atoms with Crippen molar-refractivity contribution in [2.24, 2.45) is 4.99 Å². The van der Waals surface area contributed by atoms with Crippen LogP contribution in [0.3, 0.4) is 0 Å². The van der Waals surface area contributed by atoms with Crippen molar-refractivity contribution in [1.29, 1.82) is 0 Å². The molecule has 0 saturated carbocycles. The maximum absolute atomic E-state index is 5.02. The third-order valence-corrected chi connectivity index (χ3v) is 5.17. The van der Waals surface area contributed by atoms with Gasteiger partial charge < -0.3 is 4.90 Å². The van der Waals surface area contributed by atoms with Crippen LogP contribution in [0.4, 0.5) is 11.4 Å². The SMILES string of the molecule is c1ccc2cc3c(cc2c1)CN1C3=Nc2cccc3cccc1c23. The molecular formula is C22H14N2. The van der Waals surface area contributed by atoms with Crippen molar-refractivity contribution in [3.63, 3.8) is 0 Å². The van der Waals surface area contributed by atoms with E-state index in [1.54, 1.807) is 0 Å². The van der Waals surface area contributed by atoms with Crippen molar-refractivity contribution in [3.8, 4) is 0 Å². The number of amidine groups is 1. The zero-order valence-electron chi connectivity index (χ0n) is 13.0. The molecule has 0 unspecified atom stereocenters. The first-order valence-corrected chi connectivity index (χ1v) is 8.28. The van der Waals surface area contributed by atoms with Crippen LogP contribution in [0.1, 0.15) is 11.1 Å². The zero-order chi connectivity index (χ0) is 15.7. The highest BCUT2D eigenvalue weighted by atomic mass is 15.2. The van der Waals surface area contributed by atoms with E-state index in [0.29, 0.717) is 0 Å². The largest absolute Gasteiger partial charge is 0.321 e. The normalized spacial score (nSPS) is 14.7. The van der Waals surface area contributed by atoms with Crippen LogP contribution < -0.4 is 4.90 Å². The van der Waals surface area contributed by atoms with E-state index in [4.69, 9.17) is 4.99 Å². The summed E-state index contributed by atoms with van der Waals surface area (Å²) in [5.74, 6) is 1.09. The summed E-state index contributed by atoms with van der Waals surface area (Å²) in [4.78, 5) is 7.38. The first-order chi connectivity index (χ1) is 11.9. The second-order valence-corrected chi connectivity index (χ2v) is 6.53. The molecule has 0 N–H and O–H groups in total. The highest BCUT2D eigenvalue weighted by Crippen LogP contribution is 2.43. The number of fused-ring (bicyclic) bond motifs is 5. The van der Waals surface area contributed by atoms with Gasteiger partial charge in [-0.3, -0.25) is 0 Å². The van der Waals surface area contributed by atoms with E-state index in [2.05, 4.69) is 77.7 Å². The molecule has 0 aliphatic carbocycles. The molecule has 2 aliphatic rings. The van der Waals surface area contributed by atoms with Gasteiger partial charge in [0, 0.05) is 10.9 Å². The summed E-state index contributed by atoms with van der Waals surface area (Å²) in [5.41, 5.74) is 4.97. The second-order valence-electron chi connectivity index (χ2n) is 6.53. The van der Waals surface area contributed by atoms with Gasteiger partial charge in [0.2, 0.25) is 0 Å². The van der Waals surface area contributed by atoms with Crippen LogP contribution in [0.15, 0.2) is 77.8 Å². The Morgan fingerprint density at radius 1 is 0.750 bits per heavy atom. The number of aliphatic imine (C=N–C) groups is 1. The molecule has 0 fully saturated rings. The van der Waals surface area contributed by atoms with Gasteiger partial charge in [0.05, 0.1) is 17.9 Å². The lowest BCUT2D eigenvalue weighted by Gasteiger charge is -2.26. The molecule has 4 aromatic rings. The van der Waals surface area contributed by atoms with E-state index >= 15 is 0 Å². The van der Waals surface area contributed by atoms with Crippen molar-refractivity contribution >= 4 is 38.8 Å². The smallest absolute Gasteiger partial charge is 0.141 e. The zero-order valence-corrected chi connectivity index (χ0v) is 13.0. The molecule has 24 heavy (non-hydrogen) atoms. The molecule has 0 radical (unpaired) electrons. The number of benzene rings is 4. The van der Waals surface area contributed by atoms with Crippen LogP contribution in [0.2, 0.25) is 0 Å². The van der Waals surface area contributed by atoms with Gasteiger partial charge in [0.15, 0.2) is 0 Å². The number of hydrogen-bond acceptors (Lipinski definition) is 2. The van der Waals surface area contributed by atoms with E-state index in [9.17, 15) is 0 Å². The quantitative estimate of drug-likeness (QED) is 0.424. The van der Waals surface area contributed by atoms with Gasteiger partial charge in [-0.25, -0.2) is 4.99 Å². The molecule has 0 aromatic heterocycles. The lowest BCUT2D eigenvalue weighted by atomic mass is 10.0. The predicted molar refractivity (Wildman–Crippen MR) is 100 cm³/mol. The Morgan fingerprint density at radius 2 is 1.50 bits per heavy atom. The van der Waals surface area contributed by atoms with E-state index in [1.807, 2.05) is 0 Å². The Kier molecular flexibility index (Phi) is 2.17. The topological polar surface area (TPSA) is 15.6 Å². The number of anilines is 1. The summed E-state index contributed by atoms with van der Waals surface area (Å²) in [6.45, 7) is 0.895.